The summed E-state index contributed by atoms with van der Waals surface area (Å²) < 4.78 is 54.6. The van der Waals surface area contributed by atoms with Gasteiger partial charge >= 0.3 is 0 Å². The summed E-state index contributed by atoms with van der Waals surface area (Å²) in [5, 5.41) is 0. The highest BCUT2D eigenvalue weighted by atomic mass is 32.2. The molecule has 0 aromatic heterocycles. The van der Waals surface area contributed by atoms with E-state index in [-0.39, 0.29) is 18.2 Å². The zero-order valence-corrected chi connectivity index (χ0v) is 12.3. The van der Waals surface area contributed by atoms with Crippen LogP contribution < -0.4 is 10.5 Å². The van der Waals surface area contributed by atoms with Crippen LogP contribution in [0.4, 0.5) is 8.78 Å². The van der Waals surface area contributed by atoms with Crippen molar-refractivity contribution in [3.8, 4) is 0 Å². The van der Waals surface area contributed by atoms with Gasteiger partial charge in [0.05, 0.1) is 0 Å². The SMILES string of the molecule is NCc1cc(F)c(F)c(S(=O)(=O)NC2CC3CCC2C3)c1. The van der Waals surface area contributed by atoms with Crippen molar-refractivity contribution in [1.82, 2.24) is 4.72 Å². The second-order valence-corrected chi connectivity index (χ2v) is 7.68. The van der Waals surface area contributed by atoms with Crippen molar-refractivity contribution in [2.75, 3.05) is 0 Å². The van der Waals surface area contributed by atoms with Crippen LogP contribution in [0.2, 0.25) is 0 Å². The first-order valence-electron chi connectivity index (χ1n) is 7.11. The molecule has 2 aliphatic carbocycles. The Hall–Kier alpha value is -1.05. The molecule has 0 saturated heterocycles. The number of hydrogen-bond donors (Lipinski definition) is 2. The second-order valence-electron chi connectivity index (χ2n) is 6.00. The molecule has 2 saturated carbocycles. The number of benzene rings is 1. The van der Waals surface area contributed by atoms with Gasteiger partial charge in [0.2, 0.25) is 10.0 Å². The zero-order valence-electron chi connectivity index (χ0n) is 11.5. The van der Waals surface area contributed by atoms with Gasteiger partial charge in [-0.25, -0.2) is 21.9 Å². The predicted octanol–water partition coefficient (Wildman–Crippen LogP) is 1.89. The van der Waals surface area contributed by atoms with Crippen LogP contribution in [0.15, 0.2) is 17.0 Å². The smallest absolute Gasteiger partial charge is 0.243 e. The average Bonchev–Trinajstić information content (AvgIpc) is 3.03. The average molecular weight is 316 g/mol. The quantitative estimate of drug-likeness (QED) is 0.891. The molecular weight excluding hydrogens is 298 g/mol. The number of rotatable bonds is 4. The Bertz CT molecular complexity index is 663. The maximum absolute atomic E-state index is 13.8. The van der Waals surface area contributed by atoms with Crippen LogP contribution in [0.5, 0.6) is 0 Å². The molecule has 4 nitrogen and oxygen atoms in total. The fourth-order valence-electron chi connectivity index (χ4n) is 3.58. The summed E-state index contributed by atoms with van der Waals surface area (Å²) in [6.45, 7) is -0.0478. The van der Waals surface area contributed by atoms with Crippen molar-refractivity contribution >= 4 is 10.0 Å². The molecule has 2 aliphatic rings. The maximum atomic E-state index is 13.8. The van der Waals surface area contributed by atoms with Gasteiger partial charge in [0.1, 0.15) is 4.90 Å². The van der Waals surface area contributed by atoms with E-state index in [1.807, 2.05) is 0 Å². The topological polar surface area (TPSA) is 72.2 Å². The largest absolute Gasteiger partial charge is 0.326 e. The fourth-order valence-corrected chi connectivity index (χ4v) is 5.04. The monoisotopic (exact) mass is 316 g/mol. The molecule has 2 fully saturated rings. The van der Waals surface area contributed by atoms with Crippen molar-refractivity contribution in [3.63, 3.8) is 0 Å². The second kappa shape index (κ2) is 5.30. The maximum Gasteiger partial charge on any atom is 0.243 e. The molecule has 3 N–H and O–H groups in total. The van der Waals surface area contributed by atoms with Crippen molar-refractivity contribution in [2.24, 2.45) is 17.6 Å². The third-order valence-corrected chi connectivity index (χ3v) is 6.11. The van der Waals surface area contributed by atoms with Gasteiger partial charge in [0.15, 0.2) is 11.6 Å². The highest BCUT2D eigenvalue weighted by Gasteiger charge is 2.41. The van der Waals surface area contributed by atoms with E-state index in [9.17, 15) is 17.2 Å². The number of fused-ring (bicyclic) bond motifs is 2. The third kappa shape index (κ3) is 2.69. The minimum atomic E-state index is -4.07. The molecule has 21 heavy (non-hydrogen) atoms. The van der Waals surface area contributed by atoms with E-state index < -0.39 is 26.6 Å². The Balaban J connectivity index is 1.89. The molecule has 0 heterocycles. The minimum absolute atomic E-state index is 0.0478. The van der Waals surface area contributed by atoms with Crippen LogP contribution in [-0.2, 0) is 16.6 Å². The molecule has 0 radical (unpaired) electrons. The summed E-state index contributed by atoms with van der Waals surface area (Å²) in [4.78, 5) is -0.647. The van der Waals surface area contributed by atoms with Gasteiger partial charge in [0, 0.05) is 12.6 Å². The molecule has 1 aromatic rings. The number of sulfonamides is 1. The van der Waals surface area contributed by atoms with E-state index in [0.717, 1.165) is 37.8 Å². The fraction of sp³-hybridized carbons (Fsp3) is 0.571. The molecule has 0 amide bonds. The Kier molecular flexibility index (Phi) is 3.75. The molecule has 116 valence electrons. The molecule has 2 bridgehead atoms. The number of nitrogens with two attached hydrogens (primary N) is 1. The van der Waals surface area contributed by atoms with Crippen LogP contribution in [0.3, 0.4) is 0 Å². The summed E-state index contributed by atoms with van der Waals surface area (Å²) in [5.41, 5.74) is 5.64. The van der Waals surface area contributed by atoms with Gasteiger partial charge < -0.3 is 5.73 Å². The lowest BCUT2D eigenvalue weighted by Crippen LogP contribution is -2.38. The lowest BCUT2D eigenvalue weighted by Gasteiger charge is -2.23. The van der Waals surface area contributed by atoms with Crippen LogP contribution >= 0.6 is 0 Å². The van der Waals surface area contributed by atoms with Gasteiger partial charge in [-0.1, -0.05) is 6.42 Å². The lowest BCUT2D eigenvalue weighted by atomic mass is 9.96. The molecule has 3 unspecified atom stereocenters. The first-order valence-corrected chi connectivity index (χ1v) is 8.59. The van der Waals surface area contributed by atoms with Crippen molar-refractivity contribution in [3.05, 3.63) is 29.3 Å². The first-order chi connectivity index (χ1) is 9.90. The number of halogens is 2. The van der Waals surface area contributed by atoms with E-state index in [0.29, 0.717) is 11.8 Å². The highest BCUT2D eigenvalue weighted by Crippen LogP contribution is 2.44. The van der Waals surface area contributed by atoms with Gasteiger partial charge in [-0.05, 0) is 48.8 Å². The summed E-state index contributed by atoms with van der Waals surface area (Å²) in [7, 11) is -4.07. The van der Waals surface area contributed by atoms with E-state index in [2.05, 4.69) is 4.72 Å². The van der Waals surface area contributed by atoms with E-state index in [1.54, 1.807) is 0 Å². The van der Waals surface area contributed by atoms with Gasteiger partial charge in [-0.3, -0.25) is 0 Å². The summed E-state index contributed by atoms with van der Waals surface area (Å²) >= 11 is 0. The summed E-state index contributed by atoms with van der Waals surface area (Å²) in [6, 6.07) is 1.86. The molecule has 3 atom stereocenters. The number of nitrogens with one attached hydrogen (secondary N) is 1. The number of hydrogen-bond acceptors (Lipinski definition) is 3. The molecule has 0 aliphatic heterocycles. The van der Waals surface area contributed by atoms with Crippen LogP contribution in [0, 0.1) is 23.5 Å². The molecule has 3 rings (SSSR count). The molecule has 7 heteroatoms. The van der Waals surface area contributed by atoms with E-state index in [1.165, 1.54) is 0 Å². The van der Waals surface area contributed by atoms with Crippen LogP contribution in [-0.4, -0.2) is 14.5 Å². The zero-order chi connectivity index (χ0) is 15.2. The van der Waals surface area contributed by atoms with Gasteiger partial charge in [-0.15, -0.1) is 0 Å². The van der Waals surface area contributed by atoms with E-state index >= 15 is 0 Å². The predicted molar refractivity (Wildman–Crippen MR) is 73.8 cm³/mol. The van der Waals surface area contributed by atoms with Crippen LogP contribution in [0.25, 0.3) is 0 Å². The van der Waals surface area contributed by atoms with Crippen molar-refractivity contribution < 1.29 is 17.2 Å². The lowest BCUT2D eigenvalue weighted by molar-refractivity contribution is 0.389. The Morgan fingerprint density at radius 3 is 2.57 bits per heavy atom. The molecule has 0 spiro atoms. The van der Waals surface area contributed by atoms with Gasteiger partial charge in [-0.2, -0.15) is 0 Å². The first kappa shape index (κ1) is 14.9. The Morgan fingerprint density at radius 2 is 2.00 bits per heavy atom. The Morgan fingerprint density at radius 1 is 1.24 bits per heavy atom. The molecule has 1 aromatic carbocycles. The third-order valence-electron chi connectivity index (χ3n) is 4.62. The van der Waals surface area contributed by atoms with Crippen molar-refractivity contribution in [1.29, 1.82) is 0 Å². The van der Waals surface area contributed by atoms with Crippen molar-refractivity contribution in [2.45, 2.75) is 43.2 Å². The van der Waals surface area contributed by atoms with Crippen LogP contribution in [0.1, 0.15) is 31.2 Å². The minimum Gasteiger partial charge on any atom is -0.326 e. The standard InChI is InChI=1S/C14H18F2N2O2S/c15-11-4-9(7-17)6-13(14(11)16)21(19,20)18-12-5-8-1-2-10(12)3-8/h4,6,8,10,12,18H,1-3,5,7,17H2. The highest BCUT2D eigenvalue weighted by molar-refractivity contribution is 7.89. The summed E-state index contributed by atoms with van der Waals surface area (Å²) in [6.07, 6.45) is 3.93. The Labute approximate surface area is 122 Å². The molecular formula is C14H18F2N2O2S. The normalized spacial score (nSPS) is 28.2. The van der Waals surface area contributed by atoms with Gasteiger partial charge in [0.25, 0.3) is 0 Å². The van der Waals surface area contributed by atoms with E-state index in [4.69, 9.17) is 5.73 Å². The summed E-state index contributed by atoms with van der Waals surface area (Å²) in [5.74, 6) is -1.66.